The van der Waals surface area contributed by atoms with Crippen LogP contribution in [0.3, 0.4) is 0 Å². The monoisotopic (exact) mass is 364 g/mol. The Hall–Kier alpha value is -3.41. The maximum absolute atomic E-state index is 12.8. The van der Waals surface area contributed by atoms with Gasteiger partial charge in [0.2, 0.25) is 0 Å². The van der Waals surface area contributed by atoms with E-state index in [9.17, 15) is 14.4 Å². The van der Waals surface area contributed by atoms with Crippen LogP contribution in [0.1, 0.15) is 30.9 Å². The lowest BCUT2D eigenvalue weighted by Gasteiger charge is -2.26. The minimum atomic E-state index is -0.775. The average molecular weight is 364 g/mol. The number of carbonyl (C=O) groups is 3. The smallest absolute Gasteiger partial charge is 0.335 e. The summed E-state index contributed by atoms with van der Waals surface area (Å²) in [5.74, 6) is -0.389. The standard InChI is InChI=1S/C21H20N2O4/c1-13(2)15-6-4-14(5-7-15)12-18-19(24)22-21(26)23(20(18)25)16-8-10-17(27-3)11-9-16/h4-13H,1-3H3,(H,22,24,26). The minimum absolute atomic E-state index is 0.0947. The molecule has 2 aromatic rings. The van der Waals surface area contributed by atoms with Gasteiger partial charge in [0.05, 0.1) is 12.8 Å². The Labute approximate surface area is 157 Å². The quantitative estimate of drug-likeness (QED) is 0.666. The molecule has 3 rings (SSSR count). The highest BCUT2D eigenvalue weighted by Crippen LogP contribution is 2.24. The van der Waals surface area contributed by atoms with E-state index in [1.807, 2.05) is 24.3 Å². The number of urea groups is 1. The predicted molar refractivity (Wildman–Crippen MR) is 103 cm³/mol. The molecule has 1 aliphatic heterocycles. The number of methoxy groups -OCH3 is 1. The second-order valence-corrected chi connectivity index (χ2v) is 6.48. The maximum atomic E-state index is 12.8. The van der Waals surface area contributed by atoms with E-state index in [1.165, 1.54) is 13.2 Å². The van der Waals surface area contributed by atoms with Gasteiger partial charge < -0.3 is 4.74 Å². The number of ether oxygens (including phenoxy) is 1. The molecule has 0 unspecified atom stereocenters. The summed E-state index contributed by atoms with van der Waals surface area (Å²) < 4.78 is 5.08. The molecule has 27 heavy (non-hydrogen) atoms. The topological polar surface area (TPSA) is 75.7 Å². The Balaban J connectivity index is 1.93. The summed E-state index contributed by atoms with van der Waals surface area (Å²) in [5, 5.41) is 2.21. The van der Waals surface area contributed by atoms with Gasteiger partial charge in [-0.15, -0.1) is 0 Å². The second kappa shape index (κ2) is 7.45. The number of barbiturate groups is 1. The van der Waals surface area contributed by atoms with Gasteiger partial charge in [-0.2, -0.15) is 0 Å². The number of amides is 4. The Bertz CT molecular complexity index is 912. The van der Waals surface area contributed by atoms with Crippen LogP contribution in [0.15, 0.2) is 54.1 Å². The molecule has 0 spiro atoms. The fourth-order valence-electron chi connectivity index (χ4n) is 2.77. The summed E-state index contributed by atoms with van der Waals surface area (Å²) in [6, 6.07) is 13.3. The Morgan fingerprint density at radius 3 is 2.15 bits per heavy atom. The third kappa shape index (κ3) is 3.74. The summed E-state index contributed by atoms with van der Waals surface area (Å²) in [5.41, 5.74) is 2.13. The number of carbonyl (C=O) groups excluding carboxylic acids is 3. The van der Waals surface area contributed by atoms with Crippen molar-refractivity contribution in [2.45, 2.75) is 19.8 Å². The van der Waals surface area contributed by atoms with Crippen LogP contribution >= 0.6 is 0 Å². The van der Waals surface area contributed by atoms with E-state index in [2.05, 4.69) is 19.2 Å². The molecule has 1 N–H and O–H groups in total. The summed E-state index contributed by atoms with van der Waals surface area (Å²) in [6.07, 6.45) is 1.49. The van der Waals surface area contributed by atoms with Crippen molar-refractivity contribution in [1.29, 1.82) is 0 Å². The SMILES string of the molecule is COc1ccc(N2C(=O)NC(=O)C(=Cc3ccc(C(C)C)cc3)C2=O)cc1. The van der Waals surface area contributed by atoms with Crippen LogP contribution in [0.25, 0.3) is 6.08 Å². The molecule has 2 aromatic carbocycles. The van der Waals surface area contributed by atoms with Crippen LogP contribution in [0.4, 0.5) is 10.5 Å². The van der Waals surface area contributed by atoms with Crippen LogP contribution < -0.4 is 15.0 Å². The first-order chi connectivity index (χ1) is 12.9. The van der Waals surface area contributed by atoms with E-state index >= 15 is 0 Å². The maximum Gasteiger partial charge on any atom is 0.335 e. The molecule has 4 amide bonds. The molecule has 0 bridgehead atoms. The van der Waals surface area contributed by atoms with Crippen LogP contribution in [-0.2, 0) is 9.59 Å². The lowest BCUT2D eigenvalue weighted by atomic mass is 10.0. The Morgan fingerprint density at radius 2 is 1.59 bits per heavy atom. The zero-order valence-corrected chi connectivity index (χ0v) is 15.4. The van der Waals surface area contributed by atoms with Crippen molar-refractivity contribution in [3.05, 3.63) is 65.2 Å². The predicted octanol–water partition coefficient (Wildman–Crippen LogP) is 3.49. The van der Waals surface area contributed by atoms with E-state index in [1.54, 1.807) is 24.3 Å². The largest absolute Gasteiger partial charge is 0.497 e. The third-order valence-electron chi connectivity index (χ3n) is 4.35. The highest BCUT2D eigenvalue weighted by atomic mass is 16.5. The van der Waals surface area contributed by atoms with Crippen molar-refractivity contribution in [3.63, 3.8) is 0 Å². The molecular formula is C21H20N2O4. The van der Waals surface area contributed by atoms with Crippen molar-refractivity contribution in [1.82, 2.24) is 5.32 Å². The van der Waals surface area contributed by atoms with Gasteiger partial charge in [-0.1, -0.05) is 38.1 Å². The number of hydrogen-bond donors (Lipinski definition) is 1. The van der Waals surface area contributed by atoms with Gasteiger partial charge in [0, 0.05) is 0 Å². The number of benzene rings is 2. The van der Waals surface area contributed by atoms with Gasteiger partial charge in [0.15, 0.2) is 0 Å². The van der Waals surface area contributed by atoms with Gasteiger partial charge in [-0.3, -0.25) is 14.9 Å². The van der Waals surface area contributed by atoms with Crippen molar-refractivity contribution in [2.75, 3.05) is 12.0 Å². The zero-order chi connectivity index (χ0) is 19.6. The van der Waals surface area contributed by atoms with Crippen LogP contribution in [0, 0.1) is 0 Å². The minimum Gasteiger partial charge on any atom is -0.497 e. The van der Waals surface area contributed by atoms with Gasteiger partial charge in [-0.25, -0.2) is 9.69 Å². The normalized spacial score (nSPS) is 16.1. The lowest BCUT2D eigenvalue weighted by molar-refractivity contribution is -0.122. The number of nitrogens with zero attached hydrogens (tertiary/aromatic N) is 1. The van der Waals surface area contributed by atoms with E-state index in [4.69, 9.17) is 4.74 Å². The zero-order valence-electron chi connectivity index (χ0n) is 15.4. The fourth-order valence-corrected chi connectivity index (χ4v) is 2.77. The Kier molecular flexibility index (Phi) is 5.07. The van der Waals surface area contributed by atoms with E-state index < -0.39 is 17.8 Å². The summed E-state index contributed by atoms with van der Waals surface area (Å²) >= 11 is 0. The summed E-state index contributed by atoms with van der Waals surface area (Å²) in [6.45, 7) is 4.17. The molecular weight excluding hydrogens is 344 g/mol. The van der Waals surface area contributed by atoms with Gasteiger partial charge in [0.1, 0.15) is 11.3 Å². The molecule has 138 valence electrons. The third-order valence-corrected chi connectivity index (χ3v) is 4.35. The van der Waals surface area contributed by atoms with Crippen molar-refractivity contribution in [2.24, 2.45) is 0 Å². The first-order valence-corrected chi connectivity index (χ1v) is 8.56. The van der Waals surface area contributed by atoms with Gasteiger partial charge >= 0.3 is 6.03 Å². The number of hydrogen-bond acceptors (Lipinski definition) is 4. The molecule has 0 atom stereocenters. The van der Waals surface area contributed by atoms with Crippen LogP contribution in [0.2, 0.25) is 0 Å². The van der Waals surface area contributed by atoms with Crippen LogP contribution in [-0.4, -0.2) is 25.0 Å². The molecule has 6 heteroatoms. The van der Waals surface area contributed by atoms with Crippen molar-refractivity contribution in [3.8, 4) is 5.75 Å². The molecule has 6 nitrogen and oxygen atoms in total. The van der Waals surface area contributed by atoms with Gasteiger partial charge in [-0.05, 0) is 47.4 Å². The molecule has 0 saturated carbocycles. The highest BCUT2D eigenvalue weighted by molar-refractivity contribution is 6.39. The second-order valence-electron chi connectivity index (χ2n) is 6.48. The molecule has 1 fully saturated rings. The van der Waals surface area contributed by atoms with E-state index in [0.29, 0.717) is 22.9 Å². The average Bonchev–Trinajstić information content (AvgIpc) is 2.66. The summed E-state index contributed by atoms with van der Waals surface area (Å²) in [4.78, 5) is 38.2. The fraction of sp³-hybridized carbons (Fsp3) is 0.190. The van der Waals surface area contributed by atoms with Crippen molar-refractivity contribution >= 4 is 29.6 Å². The highest BCUT2D eigenvalue weighted by Gasteiger charge is 2.36. The molecule has 1 saturated heterocycles. The number of nitrogens with one attached hydrogen (secondary N) is 1. The van der Waals surface area contributed by atoms with Crippen molar-refractivity contribution < 1.29 is 19.1 Å². The van der Waals surface area contributed by atoms with Crippen LogP contribution in [0.5, 0.6) is 5.75 Å². The molecule has 0 aliphatic carbocycles. The van der Waals surface area contributed by atoms with E-state index in [0.717, 1.165) is 10.5 Å². The number of imide groups is 2. The van der Waals surface area contributed by atoms with Gasteiger partial charge in [0.25, 0.3) is 11.8 Å². The first-order valence-electron chi connectivity index (χ1n) is 8.56. The molecule has 0 radical (unpaired) electrons. The lowest BCUT2D eigenvalue weighted by Crippen LogP contribution is -2.54. The first kappa shape index (κ1) is 18.4. The molecule has 1 aliphatic rings. The molecule has 0 aromatic heterocycles. The summed E-state index contributed by atoms with van der Waals surface area (Å²) in [7, 11) is 1.53. The number of anilines is 1. The number of rotatable bonds is 4. The Morgan fingerprint density at radius 1 is 0.963 bits per heavy atom. The van der Waals surface area contributed by atoms with E-state index in [-0.39, 0.29) is 5.57 Å². The molecule has 1 heterocycles.